The highest BCUT2D eigenvalue weighted by Crippen LogP contribution is 2.36. The van der Waals surface area contributed by atoms with Gasteiger partial charge >= 0.3 is 0 Å². The predicted molar refractivity (Wildman–Crippen MR) is 239 cm³/mol. The number of nitrogens with two attached hydrogens (primary N) is 2. The molecule has 0 aliphatic heterocycles. The van der Waals surface area contributed by atoms with Crippen molar-refractivity contribution in [1.29, 1.82) is 0 Å². The molecule has 0 unspecified atom stereocenters. The van der Waals surface area contributed by atoms with E-state index in [1.54, 1.807) is 36.0 Å². The summed E-state index contributed by atoms with van der Waals surface area (Å²) in [4.78, 5) is 24.9. The van der Waals surface area contributed by atoms with E-state index in [1.807, 2.05) is 102 Å². The Morgan fingerprint density at radius 2 is 1.12 bits per heavy atom. The summed E-state index contributed by atoms with van der Waals surface area (Å²) >= 11 is 14.1. The summed E-state index contributed by atoms with van der Waals surface area (Å²) in [5.41, 5.74) is 15.3. The van der Waals surface area contributed by atoms with Gasteiger partial charge in [0.2, 0.25) is 5.88 Å². The lowest BCUT2D eigenvalue weighted by Gasteiger charge is -2.28. The second kappa shape index (κ2) is 19.8. The normalized spacial score (nSPS) is 18.8. The average molecular weight is 868 g/mol. The third-order valence-corrected chi connectivity index (χ3v) is 12.6. The van der Waals surface area contributed by atoms with Crippen LogP contribution < -0.4 is 26.8 Å². The molecular weight excluding hydrogens is 820 g/mol. The summed E-state index contributed by atoms with van der Waals surface area (Å²) in [5, 5.41) is 28.7. The summed E-state index contributed by atoms with van der Waals surface area (Å²) in [6, 6.07) is 34.2. The number of aliphatic hydroxyl groups excluding tert-OH is 2. The molecule has 2 aliphatic rings. The Morgan fingerprint density at radius 1 is 0.617 bits per heavy atom. The van der Waals surface area contributed by atoms with Crippen molar-refractivity contribution in [3.63, 3.8) is 0 Å². The summed E-state index contributed by atoms with van der Waals surface area (Å²) in [6.07, 6.45) is 9.82. The molecule has 0 saturated heterocycles. The van der Waals surface area contributed by atoms with Gasteiger partial charge in [0.15, 0.2) is 0 Å². The van der Waals surface area contributed by atoms with Crippen LogP contribution in [0.1, 0.15) is 72.1 Å². The first kappa shape index (κ1) is 42.7. The summed E-state index contributed by atoms with van der Waals surface area (Å²) in [7, 11) is 0. The van der Waals surface area contributed by atoms with Crippen molar-refractivity contribution in [3.8, 4) is 23.0 Å². The molecule has 4 aromatic carbocycles. The number of anilines is 2. The average Bonchev–Trinajstić information content (AvgIpc) is 3.91. The van der Waals surface area contributed by atoms with E-state index in [9.17, 15) is 19.8 Å². The molecule has 0 atom stereocenters. The molecule has 8 rings (SSSR count). The molecule has 60 heavy (non-hydrogen) atoms. The van der Waals surface area contributed by atoms with Gasteiger partial charge in [0.25, 0.3) is 11.8 Å². The van der Waals surface area contributed by atoms with E-state index in [1.165, 1.54) is 0 Å². The van der Waals surface area contributed by atoms with Gasteiger partial charge in [-0.3, -0.25) is 14.2 Å². The molecule has 2 aromatic heterocycles. The maximum atomic E-state index is 12.0. The summed E-state index contributed by atoms with van der Waals surface area (Å²) in [5.74, 6) is 0.214. The van der Waals surface area contributed by atoms with Crippen LogP contribution in [0, 0.1) is 0 Å². The molecule has 0 spiro atoms. The lowest BCUT2D eigenvalue weighted by Crippen LogP contribution is -2.29. The number of nitrogens with zero attached hydrogens (tertiary/aromatic N) is 2. The smallest absolute Gasteiger partial charge is 0.250 e. The van der Waals surface area contributed by atoms with Gasteiger partial charge < -0.3 is 41.6 Å². The fourth-order valence-electron chi connectivity index (χ4n) is 7.52. The van der Waals surface area contributed by atoms with Crippen molar-refractivity contribution in [2.24, 2.45) is 11.5 Å². The molecule has 2 fully saturated rings. The number of hydrogen-bond acceptors (Lipinski definition) is 8. The van der Waals surface area contributed by atoms with Crippen LogP contribution in [-0.2, 0) is 0 Å². The molecule has 6 aromatic rings. The number of para-hydroxylation sites is 1. The number of hydrogen-bond donors (Lipinski definition) is 6. The standard InChI is InChI=1S/C23H24ClN3O3.C23H24ClN3O2S/c2*24-19-4-1-2-5-21(19)30-22-6-3-13-27(22)16-9-12-18(23(25)29)20(14-16)26-15-7-10-17(28)11-8-15/h2*1-6,9,12-15,17,26,28H,7-8,10-11H2,(H2,25,29). The molecule has 0 bridgehead atoms. The topological polar surface area (TPSA) is 170 Å². The third kappa shape index (κ3) is 10.7. The number of primary amides is 2. The van der Waals surface area contributed by atoms with Crippen LogP contribution in [-0.4, -0.2) is 55.5 Å². The van der Waals surface area contributed by atoms with Gasteiger partial charge in [-0.15, -0.1) is 0 Å². The zero-order chi connectivity index (χ0) is 42.2. The number of ether oxygens (including phenoxy) is 1. The number of aliphatic hydroxyl groups is 2. The zero-order valence-electron chi connectivity index (χ0n) is 32.8. The van der Waals surface area contributed by atoms with Crippen molar-refractivity contribution >= 4 is 58.2 Å². The van der Waals surface area contributed by atoms with E-state index < -0.39 is 11.8 Å². The highest BCUT2D eigenvalue weighted by Gasteiger charge is 2.23. The Hall–Kier alpha value is -5.37. The van der Waals surface area contributed by atoms with Crippen LogP contribution in [0.15, 0.2) is 132 Å². The van der Waals surface area contributed by atoms with Crippen LogP contribution in [0.25, 0.3) is 11.4 Å². The van der Waals surface area contributed by atoms with Crippen molar-refractivity contribution in [3.05, 3.63) is 143 Å². The second-order valence-corrected chi connectivity index (χ2v) is 16.9. The first-order valence-corrected chi connectivity index (χ1v) is 21.6. The number of halogens is 2. The SMILES string of the molecule is NC(=O)c1ccc(-n2cccc2Oc2ccccc2Cl)cc1NC1CCC(O)CC1.NC(=O)c1ccc(-n2cccc2Sc2ccccc2Cl)cc1NC1CCC(O)CC1. The maximum Gasteiger partial charge on any atom is 0.250 e. The van der Waals surface area contributed by atoms with Crippen LogP contribution >= 0.6 is 35.0 Å². The number of benzene rings is 4. The van der Waals surface area contributed by atoms with Crippen LogP contribution in [0.2, 0.25) is 10.0 Å². The number of carbonyl (C=O) groups is 2. The van der Waals surface area contributed by atoms with Crippen molar-refractivity contribution in [1.82, 2.24) is 9.13 Å². The molecule has 312 valence electrons. The van der Waals surface area contributed by atoms with Gasteiger partial charge in [-0.2, -0.15) is 0 Å². The van der Waals surface area contributed by atoms with Gasteiger partial charge in [-0.05, 0) is 130 Å². The third-order valence-electron chi connectivity index (χ3n) is 10.7. The van der Waals surface area contributed by atoms with E-state index >= 15 is 0 Å². The lowest BCUT2D eigenvalue weighted by atomic mass is 9.92. The van der Waals surface area contributed by atoms with Gasteiger partial charge in [0, 0.05) is 52.5 Å². The quantitative estimate of drug-likeness (QED) is 0.0706. The fourth-order valence-corrected chi connectivity index (χ4v) is 8.89. The molecule has 14 heteroatoms. The van der Waals surface area contributed by atoms with E-state index in [2.05, 4.69) is 15.2 Å². The van der Waals surface area contributed by atoms with Gasteiger partial charge in [0.1, 0.15) is 5.75 Å². The van der Waals surface area contributed by atoms with Crippen molar-refractivity contribution in [2.75, 3.05) is 10.6 Å². The molecule has 0 radical (unpaired) electrons. The molecule has 8 N–H and O–H groups in total. The second-order valence-electron chi connectivity index (χ2n) is 15.0. The van der Waals surface area contributed by atoms with Crippen LogP contribution in [0.5, 0.6) is 11.6 Å². The first-order chi connectivity index (χ1) is 29.0. The van der Waals surface area contributed by atoms with E-state index in [4.69, 9.17) is 39.4 Å². The Morgan fingerprint density at radius 3 is 1.67 bits per heavy atom. The number of aromatic nitrogens is 2. The van der Waals surface area contributed by atoms with Crippen LogP contribution in [0.4, 0.5) is 11.4 Å². The van der Waals surface area contributed by atoms with Gasteiger partial charge in [0.05, 0.1) is 44.1 Å². The Labute approximate surface area is 363 Å². The van der Waals surface area contributed by atoms with Gasteiger partial charge in [-0.1, -0.05) is 59.2 Å². The van der Waals surface area contributed by atoms with Crippen LogP contribution in [0.3, 0.4) is 0 Å². The first-order valence-electron chi connectivity index (χ1n) is 20.0. The number of nitrogens with one attached hydrogen (secondary N) is 2. The monoisotopic (exact) mass is 866 g/mol. The number of carbonyl (C=O) groups excluding carboxylic acids is 2. The Bertz CT molecular complexity index is 2250. The molecular formula is C46H48Cl2N6O5S. The molecule has 2 aliphatic carbocycles. The molecule has 2 amide bonds. The largest absolute Gasteiger partial charge is 0.439 e. The Kier molecular flexibility index (Phi) is 14.1. The zero-order valence-corrected chi connectivity index (χ0v) is 35.2. The minimum absolute atomic E-state index is 0.185. The Balaban J connectivity index is 0.000000181. The molecule has 2 saturated carbocycles. The summed E-state index contributed by atoms with van der Waals surface area (Å²) in [6.45, 7) is 0. The minimum Gasteiger partial charge on any atom is -0.439 e. The maximum absolute atomic E-state index is 12.0. The molecule has 11 nitrogen and oxygen atoms in total. The van der Waals surface area contributed by atoms with Gasteiger partial charge in [-0.25, -0.2) is 0 Å². The van der Waals surface area contributed by atoms with E-state index in [0.29, 0.717) is 38.5 Å². The highest BCUT2D eigenvalue weighted by molar-refractivity contribution is 7.99. The highest BCUT2D eigenvalue weighted by atomic mass is 35.5. The van der Waals surface area contributed by atoms with E-state index in [-0.39, 0.29) is 24.3 Å². The van der Waals surface area contributed by atoms with E-state index in [0.717, 1.165) is 78.4 Å². The summed E-state index contributed by atoms with van der Waals surface area (Å²) < 4.78 is 9.95. The van der Waals surface area contributed by atoms with Crippen molar-refractivity contribution in [2.45, 2.75) is 85.6 Å². The predicted octanol–water partition coefficient (Wildman–Crippen LogP) is 9.83. The fraction of sp³-hybridized carbons (Fsp3) is 0.261. The number of rotatable bonds is 12. The number of amides is 2. The molecule has 2 heterocycles. The lowest BCUT2D eigenvalue weighted by molar-refractivity contribution is 0.0992. The minimum atomic E-state index is -0.486. The van der Waals surface area contributed by atoms with Crippen molar-refractivity contribution < 1.29 is 24.5 Å².